The highest BCUT2D eigenvalue weighted by atomic mass is 19.3. The number of aromatic nitrogens is 2. The van der Waals surface area contributed by atoms with Crippen molar-refractivity contribution in [2.24, 2.45) is 15.9 Å². The van der Waals surface area contributed by atoms with Crippen LogP contribution in [0.1, 0.15) is 19.8 Å². The molecule has 2 aliphatic rings. The zero-order chi connectivity index (χ0) is 21.0. The van der Waals surface area contributed by atoms with E-state index in [1.807, 2.05) is 0 Å². The molecule has 7 nitrogen and oxygen atoms in total. The number of hydrazone groups is 1. The number of ether oxygens (including phenoxy) is 1. The molecule has 3 rings (SSSR count). The highest BCUT2D eigenvalue weighted by molar-refractivity contribution is 6.31. The van der Waals surface area contributed by atoms with Crippen molar-refractivity contribution in [2.75, 3.05) is 24.6 Å². The molecule has 29 heavy (non-hydrogen) atoms. The van der Waals surface area contributed by atoms with Gasteiger partial charge in [-0.1, -0.05) is 0 Å². The minimum atomic E-state index is -3.29. The van der Waals surface area contributed by atoms with E-state index in [1.54, 1.807) is 4.90 Å². The molecule has 1 fully saturated rings. The van der Waals surface area contributed by atoms with Crippen molar-refractivity contribution in [3.8, 4) is 6.01 Å². The number of anilines is 1. The molecule has 1 saturated heterocycles. The molecule has 1 aliphatic carbocycles. The smallest absolute Gasteiger partial charge is 0.316 e. The fraction of sp³-hybridized carbons (Fsp3) is 0.444. The molecule has 2 N–H and O–H groups in total. The lowest BCUT2D eigenvalue weighted by atomic mass is 9.99. The Bertz CT molecular complexity index is 854. The highest BCUT2D eigenvalue weighted by Crippen LogP contribution is 2.35. The van der Waals surface area contributed by atoms with Crippen LogP contribution < -0.4 is 15.5 Å². The van der Waals surface area contributed by atoms with Crippen LogP contribution >= 0.6 is 0 Å². The standard InChI is InChI=1S/C18H20F4N6O/c1-18(21,22)15-4-12(2-3-16(15)20)24-5-13(27-23)10-29-17-25-6-14(7-26-17)28-8-11(19)9-28/h4-7,11H,2-3,8-10,23H2,1H3. The van der Waals surface area contributed by atoms with Gasteiger partial charge in [-0.05, 0) is 12.5 Å². The van der Waals surface area contributed by atoms with Gasteiger partial charge in [0.1, 0.15) is 24.3 Å². The molecule has 2 heterocycles. The van der Waals surface area contributed by atoms with Crippen molar-refractivity contribution in [3.05, 3.63) is 35.6 Å². The van der Waals surface area contributed by atoms with E-state index in [9.17, 15) is 17.6 Å². The number of nitrogens with two attached hydrogens (primary N) is 1. The van der Waals surface area contributed by atoms with Gasteiger partial charge in [-0.3, -0.25) is 4.99 Å². The maximum absolute atomic E-state index is 13.6. The molecule has 1 aromatic heterocycles. The minimum Gasteiger partial charge on any atom is -0.457 e. The van der Waals surface area contributed by atoms with E-state index < -0.39 is 23.5 Å². The Hall–Kier alpha value is -2.98. The predicted octanol–water partition coefficient (Wildman–Crippen LogP) is 2.96. The summed E-state index contributed by atoms with van der Waals surface area (Å²) in [7, 11) is 0. The summed E-state index contributed by atoms with van der Waals surface area (Å²) in [5.41, 5.74) is 0.508. The van der Waals surface area contributed by atoms with Crippen molar-refractivity contribution in [3.63, 3.8) is 0 Å². The Morgan fingerprint density at radius 1 is 1.34 bits per heavy atom. The number of halogens is 4. The zero-order valence-corrected chi connectivity index (χ0v) is 15.7. The molecule has 0 unspecified atom stereocenters. The molecule has 1 aliphatic heterocycles. The van der Waals surface area contributed by atoms with Gasteiger partial charge in [-0.2, -0.15) is 5.10 Å². The number of rotatable bonds is 7. The first-order valence-corrected chi connectivity index (χ1v) is 8.88. The molecule has 0 amide bonds. The van der Waals surface area contributed by atoms with E-state index in [2.05, 4.69) is 20.1 Å². The summed E-state index contributed by atoms with van der Waals surface area (Å²) in [5.74, 6) is 1.17. The molecule has 156 valence electrons. The van der Waals surface area contributed by atoms with Gasteiger partial charge < -0.3 is 15.5 Å². The van der Waals surface area contributed by atoms with Crippen molar-refractivity contribution in [1.29, 1.82) is 0 Å². The van der Waals surface area contributed by atoms with Crippen LogP contribution in [0.3, 0.4) is 0 Å². The first kappa shape index (κ1) is 20.7. The topological polar surface area (TPSA) is 89.0 Å². The Labute approximate surface area is 164 Å². The van der Waals surface area contributed by atoms with Gasteiger partial charge >= 0.3 is 6.01 Å². The fourth-order valence-corrected chi connectivity index (χ4v) is 2.74. The van der Waals surface area contributed by atoms with Crippen LogP contribution in [-0.2, 0) is 0 Å². The Morgan fingerprint density at radius 3 is 2.62 bits per heavy atom. The molecule has 0 bridgehead atoms. The second kappa shape index (κ2) is 8.58. The van der Waals surface area contributed by atoms with Crippen LogP contribution in [0, 0.1) is 0 Å². The molecular weight excluding hydrogens is 392 g/mol. The Kier molecular flexibility index (Phi) is 6.14. The van der Waals surface area contributed by atoms with Gasteiger partial charge in [0.2, 0.25) is 0 Å². The summed E-state index contributed by atoms with van der Waals surface area (Å²) in [6.45, 7) is 1.15. The molecule has 0 aromatic carbocycles. The van der Waals surface area contributed by atoms with Gasteiger partial charge in [0.15, 0.2) is 0 Å². The monoisotopic (exact) mass is 412 g/mol. The fourth-order valence-electron chi connectivity index (χ4n) is 2.74. The number of hydrogen-bond donors (Lipinski definition) is 1. The van der Waals surface area contributed by atoms with Gasteiger partial charge in [-0.25, -0.2) is 27.5 Å². The van der Waals surface area contributed by atoms with Gasteiger partial charge in [-0.15, -0.1) is 0 Å². The Morgan fingerprint density at radius 2 is 2.03 bits per heavy atom. The normalized spacial score (nSPS) is 18.9. The molecule has 0 spiro atoms. The summed E-state index contributed by atoms with van der Waals surface area (Å²) >= 11 is 0. The van der Waals surface area contributed by atoms with E-state index in [-0.39, 0.29) is 36.9 Å². The summed E-state index contributed by atoms with van der Waals surface area (Å²) in [6, 6.07) is 0.0652. The maximum atomic E-state index is 13.6. The number of nitrogens with zero attached hydrogens (tertiary/aromatic N) is 5. The molecule has 0 radical (unpaired) electrons. The minimum absolute atomic E-state index is 0.0652. The molecule has 1 aromatic rings. The SMILES string of the molecule is CC(F)(F)C1=C(F)CCC(N=CC(COc2ncc(N3CC(F)C3)cn2)=NN)=C1. The second-order valence-corrected chi connectivity index (χ2v) is 6.74. The van der Waals surface area contributed by atoms with Crippen LogP contribution in [0.25, 0.3) is 0 Å². The lowest BCUT2D eigenvalue weighted by Crippen LogP contribution is -2.48. The highest BCUT2D eigenvalue weighted by Gasteiger charge is 2.32. The summed E-state index contributed by atoms with van der Waals surface area (Å²) < 4.78 is 58.7. The van der Waals surface area contributed by atoms with Crippen molar-refractivity contribution in [2.45, 2.75) is 31.9 Å². The molecule has 0 saturated carbocycles. The first-order valence-electron chi connectivity index (χ1n) is 8.88. The van der Waals surface area contributed by atoms with Crippen LogP contribution in [0.4, 0.5) is 23.2 Å². The molecular formula is C18H20F4N6O. The van der Waals surface area contributed by atoms with E-state index >= 15 is 0 Å². The third-order valence-corrected chi connectivity index (χ3v) is 4.39. The number of allylic oxidation sites excluding steroid dienone is 4. The quantitative estimate of drug-likeness (QED) is 0.322. The number of aliphatic imine (C=N–C) groups is 1. The van der Waals surface area contributed by atoms with Crippen molar-refractivity contribution in [1.82, 2.24) is 9.97 Å². The lowest BCUT2D eigenvalue weighted by molar-refractivity contribution is 0.0636. The van der Waals surface area contributed by atoms with Crippen molar-refractivity contribution >= 4 is 17.6 Å². The van der Waals surface area contributed by atoms with Gasteiger partial charge in [0, 0.05) is 19.0 Å². The molecule has 0 atom stereocenters. The van der Waals surface area contributed by atoms with Gasteiger partial charge in [0.05, 0.1) is 43.0 Å². The first-order chi connectivity index (χ1) is 13.8. The zero-order valence-electron chi connectivity index (χ0n) is 15.7. The summed E-state index contributed by atoms with van der Waals surface area (Å²) in [5, 5.41) is 3.52. The van der Waals surface area contributed by atoms with E-state index in [1.165, 1.54) is 18.6 Å². The summed E-state index contributed by atoms with van der Waals surface area (Å²) in [6.07, 6.45) is 4.53. The number of hydrogen-bond acceptors (Lipinski definition) is 7. The summed E-state index contributed by atoms with van der Waals surface area (Å²) in [4.78, 5) is 13.9. The third-order valence-electron chi connectivity index (χ3n) is 4.39. The third kappa shape index (κ3) is 5.30. The van der Waals surface area contributed by atoms with Crippen molar-refractivity contribution < 1.29 is 22.3 Å². The average Bonchev–Trinajstić information content (AvgIpc) is 2.66. The largest absolute Gasteiger partial charge is 0.457 e. The molecule has 11 heteroatoms. The lowest BCUT2D eigenvalue weighted by Gasteiger charge is -2.35. The van der Waals surface area contributed by atoms with Gasteiger partial charge in [0.25, 0.3) is 5.92 Å². The van der Waals surface area contributed by atoms with Crippen LogP contribution in [0.2, 0.25) is 0 Å². The average molecular weight is 412 g/mol. The van der Waals surface area contributed by atoms with E-state index in [4.69, 9.17) is 10.6 Å². The van der Waals surface area contributed by atoms with E-state index in [0.717, 1.165) is 6.08 Å². The Balaban J connectivity index is 1.57. The predicted molar refractivity (Wildman–Crippen MR) is 101 cm³/mol. The van der Waals surface area contributed by atoms with Crippen LogP contribution in [-0.4, -0.2) is 53.7 Å². The number of alkyl halides is 3. The maximum Gasteiger partial charge on any atom is 0.316 e. The van der Waals surface area contributed by atoms with E-state index in [0.29, 0.717) is 25.7 Å². The second-order valence-electron chi connectivity index (χ2n) is 6.74. The van der Waals surface area contributed by atoms with Crippen LogP contribution in [0.15, 0.2) is 45.7 Å². The van der Waals surface area contributed by atoms with Crippen LogP contribution in [0.5, 0.6) is 6.01 Å².